The summed E-state index contributed by atoms with van der Waals surface area (Å²) in [6, 6.07) is 7.97. The molecule has 1 amide bonds. The van der Waals surface area contributed by atoms with Gasteiger partial charge in [-0.3, -0.25) is 4.79 Å². The van der Waals surface area contributed by atoms with Crippen molar-refractivity contribution in [2.24, 2.45) is 17.8 Å². The molecule has 2 aliphatic carbocycles. The SMILES string of the molecule is C[C@H](Sc1ccc(Cl)cc1)C(=O)N[C@@H](C)[C@@H]1C[C@H]2CC[C@H]1C2. The summed E-state index contributed by atoms with van der Waals surface area (Å²) in [5.74, 6) is 2.61. The minimum absolute atomic E-state index is 0.0813. The number of amides is 1. The van der Waals surface area contributed by atoms with Gasteiger partial charge in [-0.2, -0.15) is 0 Å². The Hall–Kier alpha value is -0.670. The highest BCUT2D eigenvalue weighted by Crippen LogP contribution is 2.49. The van der Waals surface area contributed by atoms with Crippen molar-refractivity contribution >= 4 is 29.3 Å². The summed E-state index contributed by atoms with van der Waals surface area (Å²) < 4.78 is 0. The van der Waals surface area contributed by atoms with Gasteiger partial charge in [-0.25, -0.2) is 0 Å². The van der Waals surface area contributed by atoms with Gasteiger partial charge in [0.1, 0.15) is 0 Å². The fraction of sp³-hybridized carbons (Fsp3) is 0.611. The van der Waals surface area contributed by atoms with Crippen LogP contribution < -0.4 is 5.32 Å². The Labute approximate surface area is 142 Å². The molecular formula is C18H24ClNOS. The summed E-state index contributed by atoms with van der Waals surface area (Å²) in [5, 5.41) is 3.90. The molecule has 0 spiro atoms. The maximum absolute atomic E-state index is 12.4. The Morgan fingerprint density at radius 1 is 1.23 bits per heavy atom. The van der Waals surface area contributed by atoms with Crippen molar-refractivity contribution < 1.29 is 4.79 Å². The number of hydrogen-bond donors (Lipinski definition) is 1. The number of halogens is 1. The second-order valence-corrected chi connectivity index (χ2v) is 8.70. The van der Waals surface area contributed by atoms with Crippen molar-refractivity contribution in [1.29, 1.82) is 0 Å². The first-order valence-electron chi connectivity index (χ1n) is 8.25. The minimum atomic E-state index is -0.0813. The Morgan fingerprint density at radius 2 is 1.95 bits per heavy atom. The molecule has 5 atom stereocenters. The average molecular weight is 338 g/mol. The van der Waals surface area contributed by atoms with Crippen LogP contribution in [0.15, 0.2) is 29.2 Å². The molecule has 2 aliphatic rings. The van der Waals surface area contributed by atoms with Crippen LogP contribution in [0.5, 0.6) is 0 Å². The zero-order valence-electron chi connectivity index (χ0n) is 13.2. The summed E-state index contributed by atoms with van der Waals surface area (Å²) in [4.78, 5) is 13.5. The van der Waals surface area contributed by atoms with Crippen molar-refractivity contribution in [2.75, 3.05) is 0 Å². The van der Waals surface area contributed by atoms with E-state index in [4.69, 9.17) is 11.6 Å². The van der Waals surface area contributed by atoms with E-state index in [1.54, 1.807) is 11.8 Å². The maximum atomic E-state index is 12.4. The van der Waals surface area contributed by atoms with Crippen LogP contribution in [0, 0.1) is 17.8 Å². The number of rotatable bonds is 5. The molecule has 0 radical (unpaired) electrons. The molecule has 2 fully saturated rings. The number of benzene rings is 1. The third-order valence-corrected chi connectivity index (χ3v) is 6.66. The van der Waals surface area contributed by atoms with Gasteiger partial charge in [0.05, 0.1) is 5.25 Å². The second kappa shape index (κ2) is 6.84. The Kier molecular flexibility index (Phi) is 5.03. The number of nitrogens with one attached hydrogen (secondary N) is 1. The molecule has 0 saturated heterocycles. The smallest absolute Gasteiger partial charge is 0.233 e. The molecule has 2 saturated carbocycles. The van der Waals surface area contributed by atoms with Gasteiger partial charge in [0, 0.05) is 16.0 Å². The first-order chi connectivity index (χ1) is 10.5. The number of carbonyl (C=O) groups is 1. The average Bonchev–Trinajstić information content (AvgIpc) is 3.12. The third-order valence-electron chi connectivity index (χ3n) is 5.30. The van der Waals surface area contributed by atoms with E-state index in [2.05, 4.69) is 12.2 Å². The third kappa shape index (κ3) is 3.62. The fourth-order valence-electron chi connectivity index (χ4n) is 4.13. The molecule has 0 unspecified atom stereocenters. The van der Waals surface area contributed by atoms with Crippen molar-refractivity contribution in [3.8, 4) is 0 Å². The van der Waals surface area contributed by atoms with Gasteiger partial charge in [-0.15, -0.1) is 11.8 Å². The maximum Gasteiger partial charge on any atom is 0.233 e. The molecule has 2 bridgehead atoms. The predicted molar refractivity (Wildman–Crippen MR) is 93.3 cm³/mol. The van der Waals surface area contributed by atoms with E-state index in [0.717, 1.165) is 21.8 Å². The van der Waals surface area contributed by atoms with Crippen LogP contribution in [0.3, 0.4) is 0 Å². The van der Waals surface area contributed by atoms with Gasteiger partial charge in [0.15, 0.2) is 0 Å². The number of thioether (sulfide) groups is 1. The van der Waals surface area contributed by atoms with Crippen molar-refractivity contribution in [2.45, 2.75) is 55.7 Å². The molecule has 4 heteroatoms. The summed E-state index contributed by atoms with van der Waals surface area (Å²) in [5.41, 5.74) is 0. The summed E-state index contributed by atoms with van der Waals surface area (Å²) >= 11 is 7.48. The molecule has 1 aromatic carbocycles. The highest BCUT2D eigenvalue weighted by Gasteiger charge is 2.42. The molecule has 0 heterocycles. The van der Waals surface area contributed by atoms with Gasteiger partial charge in [-0.05, 0) is 75.1 Å². The standard InChI is InChI=1S/C18H24ClNOS/c1-11(17-10-13-3-4-14(17)9-13)20-18(21)12(2)22-16-7-5-15(19)6-8-16/h5-8,11-14,17H,3-4,9-10H2,1-2H3,(H,20,21)/t11-,12-,13-,14-,17-/m0/s1. The van der Waals surface area contributed by atoms with Crippen LogP contribution in [0.1, 0.15) is 39.5 Å². The van der Waals surface area contributed by atoms with Gasteiger partial charge >= 0.3 is 0 Å². The van der Waals surface area contributed by atoms with Crippen molar-refractivity contribution in [3.05, 3.63) is 29.3 Å². The molecule has 22 heavy (non-hydrogen) atoms. The van der Waals surface area contributed by atoms with E-state index >= 15 is 0 Å². The lowest BCUT2D eigenvalue weighted by Crippen LogP contribution is -2.43. The molecule has 0 aromatic heterocycles. The van der Waals surface area contributed by atoms with Crippen LogP contribution in [-0.2, 0) is 4.79 Å². The van der Waals surface area contributed by atoms with E-state index in [1.807, 2.05) is 31.2 Å². The molecule has 2 nitrogen and oxygen atoms in total. The van der Waals surface area contributed by atoms with E-state index < -0.39 is 0 Å². The normalized spacial score (nSPS) is 29.3. The first-order valence-corrected chi connectivity index (χ1v) is 9.51. The van der Waals surface area contributed by atoms with Crippen LogP contribution >= 0.6 is 23.4 Å². The quantitative estimate of drug-likeness (QED) is 0.785. The van der Waals surface area contributed by atoms with Gasteiger partial charge in [0.25, 0.3) is 0 Å². The molecule has 0 aliphatic heterocycles. The highest BCUT2D eigenvalue weighted by atomic mass is 35.5. The van der Waals surface area contributed by atoms with E-state index in [1.165, 1.54) is 25.7 Å². The lowest BCUT2D eigenvalue weighted by atomic mass is 9.84. The molecule has 3 rings (SSSR count). The summed E-state index contributed by atoms with van der Waals surface area (Å²) in [6.07, 6.45) is 5.47. The van der Waals surface area contributed by atoms with E-state index in [9.17, 15) is 4.79 Å². The Bertz CT molecular complexity index is 532. The van der Waals surface area contributed by atoms with Gasteiger partial charge in [0.2, 0.25) is 5.91 Å². The summed E-state index contributed by atoms with van der Waals surface area (Å²) in [7, 11) is 0. The topological polar surface area (TPSA) is 29.1 Å². The van der Waals surface area contributed by atoms with Crippen LogP contribution in [0.25, 0.3) is 0 Å². The molecule has 120 valence electrons. The zero-order chi connectivity index (χ0) is 15.7. The molecule has 1 aromatic rings. The van der Waals surface area contributed by atoms with Crippen LogP contribution in [0.4, 0.5) is 0 Å². The van der Waals surface area contributed by atoms with Crippen molar-refractivity contribution in [3.63, 3.8) is 0 Å². The van der Waals surface area contributed by atoms with E-state index in [0.29, 0.717) is 12.0 Å². The number of fused-ring (bicyclic) bond motifs is 2. The number of carbonyl (C=O) groups excluding carboxylic acids is 1. The Balaban J connectivity index is 1.51. The first kappa shape index (κ1) is 16.2. The van der Waals surface area contributed by atoms with E-state index in [-0.39, 0.29) is 11.2 Å². The zero-order valence-corrected chi connectivity index (χ0v) is 14.8. The van der Waals surface area contributed by atoms with Crippen LogP contribution in [-0.4, -0.2) is 17.2 Å². The van der Waals surface area contributed by atoms with Gasteiger partial charge in [-0.1, -0.05) is 18.0 Å². The number of hydrogen-bond acceptors (Lipinski definition) is 2. The molecular weight excluding hydrogens is 314 g/mol. The second-order valence-electron chi connectivity index (χ2n) is 6.85. The molecule has 1 N–H and O–H groups in total. The highest BCUT2D eigenvalue weighted by molar-refractivity contribution is 8.00. The lowest BCUT2D eigenvalue weighted by molar-refractivity contribution is -0.121. The van der Waals surface area contributed by atoms with Crippen LogP contribution in [0.2, 0.25) is 5.02 Å². The monoisotopic (exact) mass is 337 g/mol. The largest absolute Gasteiger partial charge is 0.352 e. The fourth-order valence-corrected chi connectivity index (χ4v) is 5.13. The summed E-state index contributed by atoms with van der Waals surface area (Å²) in [6.45, 7) is 4.16. The minimum Gasteiger partial charge on any atom is -0.352 e. The lowest BCUT2D eigenvalue weighted by Gasteiger charge is -2.29. The van der Waals surface area contributed by atoms with Crippen molar-refractivity contribution in [1.82, 2.24) is 5.32 Å². The van der Waals surface area contributed by atoms with Gasteiger partial charge < -0.3 is 5.32 Å². The Morgan fingerprint density at radius 3 is 2.55 bits per heavy atom. The predicted octanol–water partition coefficient (Wildman–Crippen LogP) is 4.76.